The molecule has 0 aliphatic carbocycles. The maximum absolute atomic E-state index is 12.8. The molecule has 2 aromatic rings. The fraction of sp³-hybridized carbons (Fsp3) is 0.474. The van der Waals surface area contributed by atoms with Gasteiger partial charge < -0.3 is 14.3 Å². The lowest BCUT2D eigenvalue weighted by atomic mass is 9.75. The maximum atomic E-state index is 12.8. The summed E-state index contributed by atoms with van der Waals surface area (Å²) in [6.45, 7) is 7.26. The van der Waals surface area contributed by atoms with Gasteiger partial charge in [0.1, 0.15) is 0 Å². The molecule has 0 saturated carbocycles. The molecule has 1 saturated heterocycles. The molecule has 7 heteroatoms. The van der Waals surface area contributed by atoms with Gasteiger partial charge in [-0.1, -0.05) is 43.3 Å². The molecule has 26 heavy (non-hydrogen) atoms. The molecule has 0 spiro atoms. The van der Waals surface area contributed by atoms with E-state index in [1.165, 1.54) is 5.56 Å². The van der Waals surface area contributed by atoms with E-state index in [1.807, 2.05) is 17.0 Å². The summed E-state index contributed by atoms with van der Waals surface area (Å²) in [7, 11) is 0. The van der Waals surface area contributed by atoms with Crippen LogP contribution in [0.4, 0.5) is 0 Å². The smallest absolute Gasteiger partial charge is 0.242 e. The third-order valence-corrected chi connectivity index (χ3v) is 5.26. The molecule has 1 atom stereocenters. The minimum Gasteiger partial charge on any atom is -0.340 e. The first-order valence-electron chi connectivity index (χ1n) is 8.81. The minimum absolute atomic E-state index is 0.0125. The third kappa shape index (κ3) is 2.77. The first kappa shape index (κ1) is 16.8. The van der Waals surface area contributed by atoms with Crippen molar-refractivity contribution in [3.05, 3.63) is 47.1 Å². The van der Waals surface area contributed by atoms with Gasteiger partial charge in [0, 0.05) is 25.4 Å². The van der Waals surface area contributed by atoms with Crippen molar-refractivity contribution in [3.63, 3.8) is 0 Å². The van der Waals surface area contributed by atoms with Crippen LogP contribution in [0, 0.1) is 6.92 Å². The second-order valence-electron chi connectivity index (χ2n) is 7.69. The van der Waals surface area contributed by atoms with Crippen LogP contribution < -0.4 is 0 Å². The number of nitrogens with zero attached hydrogens (tertiary/aromatic N) is 4. The van der Waals surface area contributed by atoms with Crippen LogP contribution >= 0.6 is 0 Å². The first-order chi connectivity index (χ1) is 12.3. The number of benzene rings is 1. The van der Waals surface area contributed by atoms with E-state index < -0.39 is 0 Å². The van der Waals surface area contributed by atoms with Gasteiger partial charge in [-0.2, -0.15) is 4.98 Å². The quantitative estimate of drug-likeness (QED) is 0.819. The van der Waals surface area contributed by atoms with Crippen molar-refractivity contribution in [2.75, 3.05) is 19.6 Å². The number of fused-ring (bicyclic) bond motifs is 3. The number of aromatic nitrogens is 2. The highest BCUT2D eigenvalue weighted by Gasteiger charge is 2.44. The Balaban J connectivity index is 1.60. The molecule has 2 amide bonds. The van der Waals surface area contributed by atoms with E-state index in [-0.39, 0.29) is 36.2 Å². The second-order valence-corrected chi connectivity index (χ2v) is 7.69. The summed E-state index contributed by atoms with van der Waals surface area (Å²) >= 11 is 0. The monoisotopic (exact) mass is 354 g/mol. The maximum Gasteiger partial charge on any atom is 0.242 e. The summed E-state index contributed by atoms with van der Waals surface area (Å²) in [4.78, 5) is 33.1. The highest BCUT2D eigenvalue weighted by Crippen LogP contribution is 2.41. The van der Waals surface area contributed by atoms with Crippen molar-refractivity contribution in [3.8, 4) is 0 Å². The van der Waals surface area contributed by atoms with Crippen LogP contribution in [0.25, 0.3) is 0 Å². The van der Waals surface area contributed by atoms with Crippen LogP contribution in [0.3, 0.4) is 0 Å². The van der Waals surface area contributed by atoms with Crippen molar-refractivity contribution in [1.29, 1.82) is 0 Å². The van der Waals surface area contributed by atoms with Crippen molar-refractivity contribution >= 4 is 11.8 Å². The van der Waals surface area contributed by atoms with Crippen LogP contribution in [0.1, 0.15) is 42.7 Å². The number of amides is 2. The predicted molar refractivity (Wildman–Crippen MR) is 93.2 cm³/mol. The fourth-order valence-electron chi connectivity index (χ4n) is 4.03. The number of piperazine rings is 1. The van der Waals surface area contributed by atoms with Crippen molar-refractivity contribution in [1.82, 2.24) is 19.9 Å². The van der Waals surface area contributed by atoms with E-state index in [9.17, 15) is 9.59 Å². The fourth-order valence-corrected chi connectivity index (χ4v) is 4.03. The standard InChI is InChI=1S/C19H22N4O3/c1-12-20-16(21-26-12)8-17(24)22-9-15-13-6-4-5-7-14(13)19(2,3)11-23(15)18(25)10-22/h4-7,15H,8-11H2,1-3H3. The number of carbonyl (C=O) groups is 2. The van der Waals surface area contributed by atoms with Crippen LogP contribution in [-0.4, -0.2) is 51.4 Å². The number of hydrogen-bond acceptors (Lipinski definition) is 5. The van der Waals surface area contributed by atoms with E-state index in [1.54, 1.807) is 11.8 Å². The number of aryl methyl sites for hydroxylation is 1. The van der Waals surface area contributed by atoms with Gasteiger partial charge in [0.25, 0.3) is 0 Å². The lowest BCUT2D eigenvalue weighted by Gasteiger charge is -2.49. The highest BCUT2D eigenvalue weighted by molar-refractivity contribution is 5.87. The van der Waals surface area contributed by atoms with E-state index in [0.29, 0.717) is 24.8 Å². The topological polar surface area (TPSA) is 79.5 Å². The first-order valence-corrected chi connectivity index (χ1v) is 8.81. The molecule has 7 nitrogen and oxygen atoms in total. The number of carbonyl (C=O) groups excluding carboxylic acids is 2. The van der Waals surface area contributed by atoms with Gasteiger partial charge in [-0.3, -0.25) is 9.59 Å². The van der Waals surface area contributed by atoms with Gasteiger partial charge in [-0.15, -0.1) is 0 Å². The molecule has 3 heterocycles. The molecular weight excluding hydrogens is 332 g/mol. The Labute approximate surface area is 152 Å². The molecular formula is C19H22N4O3. The van der Waals surface area contributed by atoms with Gasteiger partial charge in [0.05, 0.1) is 19.0 Å². The molecule has 1 aromatic carbocycles. The Morgan fingerprint density at radius 3 is 2.85 bits per heavy atom. The Bertz CT molecular complexity index is 873. The average molecular weight is 354 g/mol. The van der Waals surface area contributed by atoms with Crippen molar-refractivity contribution < 1.29 is 14.1 Å². The summed E-state index contributed by atoms with van der Waals surface area (Å²) < 4.78 is 4.92. The predicted octanol–water partition coefficient (Wildman–Crippen LogP) is 1.62. The van der Waals surface area contributed by atoms with Gasteiger partial charge in [-0.25, -0.2) is 0 Å². The lowest BCUT2D eigenvalue weighted by Crippen LogP contribution is -2.58. The zero-order valence-electron chi connectivity index (χ0n) is 15.2. The van der Waals surface area contributed by atoms with Gasteiger partial charge in [0.2, 0.25) is 17.7 Å². The third-order valence-electron chi connectivity index (χ3n) is 5.26. The Morgan fingerprint density at radius 1 is 1.35 bits per heavy atom. The molecule has 1 fully saturated rings. The van der Waals surface area contributed by atoms with E-state index in [2.05, 4.69) is 36.1 Å². The Kier molecular flexibility index (Phi) is 3.82. The minimum atomic E-state index is -0.152. The van der Waals surface area contributed by atoms with E-state index >= 15 is 0 Å². The summed E-state index contributed by atoms with van der Waals surface area (Å²) in [6, 6.07) is 8.11. The van der Waals surface area contributed by atoms with Gasteiger partial charge >= 0.3 is 0 Å². The number of rotatable bonds is 2. The summed E-state index contributed by atoms with van der Waals surface area (Å²) in [6.07, 6.45) is 0.0461. The summed E-state index contributed by atoms with van der Waals surface area (Å²) in [5.74, 6) is 0.618. The summed E-state index contributed by atoms with van der Waals surface area (Å²) in [5.41, 5.74) is 2.28. The molecule has 0 N–H and O–H groups in total. The van der Waals surface area contributed by atoms with Crippen LogP contribution in [-0.2, 0) is 21.4 Å². The lowest BCUT2D eigenvalue weighted by molar-refractivity contribution is -0.150. The normalized spacial score (nSPS) is 21.3. The molecule has 0 radical (unpaired) electrons. The molecule has 1 aromatic heterocycles. The van der Waals surface area contributed by atoms with Crippen LogP contribution in [0.15, 0.2) is 28.8 Å². The van der Waals surface area contributed by atoms with Crippen LogP contribution in [0.2, 0.25) is 0 Å². The Morgan fingerprint density at radius 2 is 2.12 bits per heavy atom. The van der Waals surface area contributed by atoms with E-state index in [4.69, 9.17) is 4.52 Å². The second kappa shape index (κ2) is 5.93. The van der Waals surface area contributed by atoms with Crippen molar-refractivity contribution in [2.45, 2.75) is 38.6 Å². The van der Waals surface area contributed by atoms with Gasteiger partial charge in [-0.05, 0) is 11.1 Å². The molecule has 136 valence electrons. The van der Waals surface area contributed by atoms with Crippen LogP contribution in [0.5, 0.6) is 0 Å². The molecule has 0 bridgehead atoms. The van der Waals surface area contributed by atoms with Crippen molar-refractivity contribution in [2.24, 2.45) is 0 Å². The average Bonchev–Trinajstić information content (AvgIpc) is 3.00. The van der Waals surface area contributed by atoms with E-state index in [0.717, 1.165) is 5.56 Å². The molecule has 2 aliphatic heterocycles. The molecule has 4 rings (SSSR count). The Hall–Kier alpha value is -2.70. The van der Waals surface area contributed by atoms with Gasteiger partial charge in [0.15, 0.2) is 5.82 Å². The number of hydrogen-bond donors (Lipinski definition) is 0. The molecule has 1 unspecified atom stereocenters. The SMILES string of the molecule is Cc1nc(CC(=O)N2CC(=O)N3CC(C)(C)c4ccccc4C3C2)no1. The highest BCUT2D eigenvalue weighted by atomic mass is 16.5. The zero-order chi connectivity index (χ0) is 18.5. The largest absolute Gasteiger partial charge is 0.340 e. The molecule has 2 aliphatic rings. The summed E-state index contributed by atoms with van der Waals surface area (Å²) in [5, 5.41) is 3.78. The zero-order valence-corrected chi connectivity index (χ0v) is 15.2.